The minimum absolute atomic E-state index is 0.00265. The van der Waals surface area contributed by atoms with Crippen LogP contribution in [0, 0.1) is 23.1 Å². The molecule has 0 unspecified atom stereocenters. The van der Waals surface area contributed by atoms with Crippen molar-refractivity contribution in [1.29, 1.82) is 5.41 Å². The Morgan fingerprint density at radius 3 is 2.75 bits per heavy atom. The molecule has 0 fully saturated rings. The molecule has 0 heterocycles. The fourth-order valence-electron chi connectivity index (χ4n) is 0.944. The molecule has 1 aromatic carbocycles. The molecule has 0 bridgehead atoms. The van der Waals surface area contributed by atoms with Crippen LogP contribution < -0.4 is 11.5 Å². The van der Waals surface area contributed by atoms with Crippen molar-refractivity contribution in [3.05, 3.63) is 40.3 Å². The molecule has 82 valence electrons. The van der Waals surface area contributed by atoms with Crippen molar-refractivity contribution < 1.29 is 4.39 Å². The summed E-state index contributed by atoms with van der Waals surface area (Å²) in [5.41, 5.74) is 11.2. The average molecular weight is 238 g/mol. The van der Waals surface area contributed by atoms with E-state index in [2.05, 4.69) is 11.8 Å². The van der Waals surface area contributed by atoms with E-state index in [-0.39, 0.29) is 21.8 Å². The Balaban J connectivity index is 3.25. The van der Waals surface area contributed by atoms with Crippen LogP contribution in [0.25, 0.3) is 0 Å². The SMILES string of the molecule is N=C/C(C#Cc1c(F)ccc(N)c1Cl)=C\N. The van der Waals surface area contributed by atoms with Crippen LogP contribution in [0.2, 0.25) is 5.02 Å². The van der Waals surface area contributed by atoms with Gasteiger partial charge in [0.15, 0.2) is 0 Å². The van der Waals surface area contributed by atoms with E-state index in [4.69, 9.17) is 28.5 Å². The average Bonchev–Trinajstić information content (AvgIpc) is 2.29. The summed E-state index contributed by atoms with van der Waals surface area (Å²) in [6, 6.07) is 2.54. The van der Waals surface area contributed by atoms with Crippen LogP contribution in [0.1, 0.15) is 5.56 Å². The van der Waals surface area contributed by atoms with Crippen molar-refractivity contribution >= 4 is 23.5 Å². The molecule has 0 amide bonds. The number of anilines is 1. The van der Waals surface area contributed by atoms with Gasteiger partial charge < -0.3 is 16.9 Å². The second-order valence-electron chi connectivity index (χ2n) is 2.84. The van der Waals surface area contributed by atoms with E-state index in [1.807, 2.05) is 0 Å². The highest BCUT2D eigenvalue weighted by Gasteiger charge is 2.07. The van der Waals surface area contributed by atoms with Crippen molar-refractivity contribution in [3.63, 3.8) is 0 Å². The number of hydrogen-bond donors (Lipinski definition) is 3. The van der Waals surface area contributed by atoms with Crippen LogP contribution in [0.15, 0.2) is 23.9 Å². The normalized spacial score (nSPS) is 10.5. The highest BCUT2D eigenvalue weighted by atomic mass is 35.5. The Morgan fingerprint density at radius 1 is 1.50 bits per heavy atom. The zero-order valence-corrected chi connectivity index (χ0v) is 8.98. The monoisotopic (exact) mass is 237 g/mol. The van der Waals surface area contributed by atoms with Gasteiger partial charge in [-0.25, -0.2) is 4.39 Å². The standard InChI is InChI=1S/C11H9ClFN3/c12-11-8(2-1-7(5-14)6-15)9(13)3-4-10(11)16/h3-6,14H,15-16H2/b7-6-,14-5?. The second kappa shape index (κ2) is 5.19. The lowest BCUT2D eigenvalue weighted by Crippen LogP contribution is -1.93. The zero-order valence-electron chi connectivity index (χ0n) is 8.22. The molecule has 5 heteroatoms. The first-order valence-corrected chi connectivity index (χ1v) is 4.65. The van der Waals surface area contributed by atoms with Gasteiger partial charge in [-0.2, -0.15) is 0 Å². The maximum Gasteiger partial charge on any atom is 0.140 e. The summed E-state index contributed by atoms with van der Waals surface area (Å²) in [6.07, 6.45) is 2.11. The van der Waals surface area contributed by atoms with Crippen molar-refractivity contribution in [2.45, 2.75) is 0 Å². The second-order valence-corrected chi connectivity index (χ2v) is 3.22. The summed E-state index contributed by atoms with van der Waals surface area (Å²) < 4.78 is 13.3. The number of halogens is 2. The molecule has 0 atom stereocenters. The first-order valence-electron chi connectivity index (χ1n) is 4.28. The van der Waals surface area contributed by atoms with Crippen LogP contribution in [0.4, 0.5) is 10.1 Å². The smallest absolute Gasteiger partial charge is 0.140 e. The molecule has 16 heavy (non-hydrogen) atoms. The van der Waals surface area contributed by atoms with Gasteiger partial charge >= 0.3 is 0 Å². The number of nitrogens with two attached hydrogens (primary N) is 2. The van der Waals surface area contributed by atoms with Gasteiger partial charge in [0.05, 0.1) is 21.8 Å². The maximum absolute atomic E-state index is 13.3. The summed E-state index contributed by atoms with van der Waals surface area (Å²) >= 11 is 5.79. The first kappa shape index (κ1) is 12.1. The fraction of sp³-hybridized carbons (Fsp3) is 0. The van der Waals surface area contributed by atoms with E-state index in [9.17, 15) is 4.39 Å². The molecule has 0 aliphatic carbocycles. The highest BCUT2D eigenvalue weighted by Crippen LogP contribution is 2.24. The van der Waals surface area contributed by atoms with Gasteiger partial charge in [-0.3, -0.25) is 0 Å². The third-order valence-electron chi connectivity index (χ3n) is 1.79. The van der Waals surface area contributed by atoms with Crippen LogP contribution >= 0.6 is 11.6 Å². The third-order valence-corrected chi connectivity index (χ3v) is 2.20. The molecular formula is C11H9ClFN3. The Bertz CT molecular complexity index is 512. The van der Waals surface area contributed by atoms with Gasteiger partial charge in [0, 0.05) is 12.4 Å². The van der Waals surface area contributed by atoms with E-state index in [0.29, 0.717) is 0 Å². The van der Waals surface area contributed by atoms with Gasteiger partial charge in [0.1, 0.15) is 5.82 Å². The Hall–Kier alpha value is -1.99. The molecule has 5 N–H and O–H groups in total. The zero-order chi connectivity index (χ0) is 12.1. The number of hydrogen-bond acceptors (Lipinski definition) is 3. The van der Waals surface area contributed by atoms with Gasteiger partial charge in [-0.05, 0) is 12.1 Å². The molecule has 0 saturated carbocycles. The van der Waals surface area contributed by atoms with E-state index >= 15 is 0 Å². The van der Waals surface area contributed by atoms with E-state index < -0.39 is 5.82 Å². The summed E-state index contributed by atoms with van der Waals surface area (Å²) in [5.74, 6) is 4.43. The first-order chi connectivity index (χ1) is 7.60. The van der Waals surface area contributed by atoms with Crippen molar-refractivity contribution in [1.82, 2.24) is 0 Å². The molecule has 0 spiro atoms. The minimum Gasteiger partial charge on any atom is -0.404 e. The molecule has 1 aromatic rings. The largest absolute Gasteiger partial charge is 0.404 e. The lowest BCUT2D eigenvalue weighted by atomic mass is 10.1. The van der Waals surface area contributed by atoms with Crippen LogP contribution in [-0.4, -0.2) is 6.21 Å². The van der Waals surface area contributed by atoms with E-state index in [1.165, 1.54) is 12.1 Å². The van der Waals surface area contributed by atoms with Crippen molar-refractivity contribution in [2.75, 3.05) is 5.73 Å². The maximum atomic E-state index is 13.3. The number of rotatable bonds is 1. The summed E-state index contributed by atoms with van der Waals surface area (Å²) in [6.45, 7) is 0. The third kappa shape index (κ3) is 2.53. The molecule has 0 saturated heterocycles. The number of benzene rings is 1. The van der Waals surface area contributed by atoms with Crippen LogP contribution in [-0.2, 0) is 0 Å². The molecule has 1 rings (SSSR count). The lowest BCUT2D eigenvalue weighted by molar-refractivity contribution is 0.624. The Kier molecular flexibility index (Phi) is 3.92. The number of nitrogens with one attached hydrogen (secondary N) is 1. The number of nitrogen functional groups attached to an aromatic ring is 1. The van der Waals surface area contributed by atoms with Crippen LogP contribution in [0.5, 0.6) is 0 Å². The number of allylic oxidation sites excluding steroid dienone is 1. The Labute approximate surface area is 97.4 Å². The fourth-order valence-corrected chi connectivity index (χ4v) is 1.14. The molecule has 0 aliphatic heterocycles. The van der Waals surface area contributed by atoms with Gasteiger partial charge in [-0.15, -0.1) is 0 Å². The molecule has 0 aromatic heterocycles. The van der Waals surface area contributed by atoms with E-state index in [0.717, 1.165) is 12.4 Å². The quantitative estimate of drug-likeness (QED) is 0.396. The predicted molar refractivity (Wildman–Crippen MR) is 63.8 cm³/mol. The predicted octanol–water partition coefficient (Wildman–Crippen LogP) is 1.90. The van der Waals surface area contributed by atoms with Crippen molar-refractivity contribution in [2.24, 2.45) is 5.73 Å². The van der Waals surface area contributed by atoms with Gasteiger partial charge in [0.2, 0.25) is 0 Å². The highest BCUT2D eigenvalue weighted by molar-refractivity contribution is 6.34. The topological polar surface area (TPSA) is 75.9 Å². The van der Waals surface area contributed by atoms with Gasteiger partial charge in [0.25, 0.3) is 0 Å². The molecule has 0 aliphatic rings. The minimum atomic E-state index is -0.562. The molecule has 0 radical (unpaired) electrons. The summed E-state index contributed by atoms with van der Waals surface area (Å²) in [4.78, 5) is 0. The molecular weight excluding hydrogens is 229 g/mol. The Morgan fingerprint density at radius 2 is 2.19 bits per heavy atom. The van der Waals surface area contributed by atoms with Crippen molar-refractivity contribution in [3.8, 4) is 11.8 Å². The summed E-state index contributed by atoms with van der Waals surface area (Å²) in [7, 11) is 0. The van der Waals surface area contributed by atoms with E-state index in [1.54, 1.807) is 0 Å². The summed E-state index contributed by atoms with van der Waals surface area (Å²) in [5, 5.41) is 7.01. The lowest BCUT2D eigenvalue weighted by Gasteiger charge is -2.01. The molecule has 3 nitrogen and oxygen atoms in total. The van der Waals surface area contributed by atoms with Gasteiger partial charge in [-0.1, -0.05) is 23.4 Å². The van der Waals surface area contributed by atoms with Crippen LogP contribution in [0.3, 0.4) is 0 Å².